The number of hydrogen-bond donors (Lipinski definition) is 3. The van der Waals surface area contributed by atoms with E-state index in [0.29, 0.717) is 18.0 Å². The maximum Gasteiger partial charge on any atom is 0.167 e. The van der Waals surface area contributed by atoms with E-state index in [9.17, 15) is 15.0 Å². The van der Waals surface area contributed by atoms with E-state index in [4.69, 9.17) is 0 Å². The molecule has 0 spiro atoms. The third-order valence-electron chi connectivity index (χ3n) is 8.38. The molecule has 1 aromatic heterocycles. The zero-order valence-electron chi connectivity index (χ0n) is 19.6. The fourth-order valence-electron chi connectivity index (χ4n) is 6.89. The topological polar surface area (TPSA) is 82.5 Å². The summed E-state index contributed by atoms with van der Waals surface area (Å²) in [7, 11) is 0. The number of Topliss-reactive ketones (excluding diaryl/α,β-unsaturated/α-hetero) is 1. The van der Waals surface area contributed by atoms with Crippen LogP contribution in [0, 0.1) is 28.6 Å². The van der Waals surface area contributed by atoms with Crippen LogP contribution in [0.25, 0.3) is 0 Å². The van der Waals surface area contributed by atoms with Crippen molar-refractivity contribution in [3.05, 3.63) is 53.9 Å². The quantitative estimate of drug-likeness (QED) is 0.553. The zero-order chi connectivity index (χ0) is 23.1. The van der Waals surface area contributed by atoms with Gasteiger partial charge in [0.25, 0.3) is 0 Å². The Hall–Kier alpha value is -2.40. The fraction of sp³-hybridized carbons (Fsp3) is 0.556. The number of carbonyl (C=O) groups is 1. The molecule has 4 rings (SSSR count). The molecule has 5 unspecified atom stereocenters. The molecule has 1 heterocycles. The molecule has 2 aromatic rings. The van der Waals surface area contributed by atoms with Crippen LogP contribution in [0.5, 0.6) is 11.5 Å². The molecule has 0 bridgehead atoms. The predicted molar refractivity (Wildman–Crippen MR) is 125 cm³/mol. The first-order chi connectivity index (χ1) is 15.1. The summed E-state index contributed by atoms with van der Waals surface area (Å²) < 4.78 is 0. The number of fused-ring (bicyclic) bond motifs is 1. The highest BCUT2D eigenvalue weighted by atomic mass is 16.3. The minimum Gasteiger partial charge on any atom is -0.508 e. The molecular weight excluding hydrogens is 400 g/mol. The Morgan fingerprint density at radius 1 is 1.12 bits per heavy atom. The van der Waals surface area contributed by atoms with Crippen LogP contribution in [0.4, 0.5) is 0 Å². The molecule has 5 heteroatoms. The molecule has 0 aliphatic heterocycles. The average molecular weight is 437 g/mol. The van der Waals surface area contributed by atoms with Gasteiger partial charge in [-0.3, -0.25) is 9.78 Å². The van der Waals surface area contributed by atoms with Crippen molar-refractivity contribution in [1.29, 1.82) is 0 Å². The monoisotopic (exact) mass is 436 g/mol. The Morgan fingerprint density at radius 2 is 1.84 bits per heavy atom. The lowest BCUT2D eigenvalue weighted by atomic mass is 9.45. The van der Waals surface area contributed by atoms with Gasteiger partial charge in [0, 0.05) is 36.3 Å². The van der Waals surface area contributed by atoms with Gasteiger partial charge in [-0.15, -0.1) is 0 Å². The number of phenolic OH excluding ortho intramolecular Hbond substituents is 2. The predicted octanol–water partition coefficient (Wildman–Crippen LogP) is 5.32. The second-order valence-corrected chi connectivity index (χ2v) is 10.9. The van der Waals surface area contributed by atoms with Crippen LogP contribution < -0.4 is 5.32 Å². The summed E-state index contributed by atoms with van der Waals surface area (Å²) in [6, 6.07) is 10.4. The molecular formula is C27H36N2O3. The first-order valence-corrected chi connectivity index (χ1v) is 11.8. The van der Waals surface area contributed by atoms with Crippen LogP contribution in [-0.2, 0) is 6.54 Å². The number of nitrogens with one attached hydrogen (secondary N) is 1. The Bertz CT molecular complexity index is 954. The Labute approximate surface area is 191 Å². The molecule has 2 aliphatic carbocycles. The minimum atomic E-state index is -0.191. The summed E-state index contributed by atoms with van der Waals surface area (Å²) in [6.07, 6.45) is 6.16. The second kappa shape index (κ2) is 8.51. The van der Waals surface area contributed by atoms with Crippen LogP contribution in [0.1, 0.15) is 69.4 Å². The third-order valence-corrected chi connectivity index (χ3v) is 8.38. The Balaban J connectivity index is 1.69. The molecule has 172 valence electrons. The van der Waals surface area contributed by atoms with Gasteiger partial charge in [-0.1, -0.05) is 40.2 Å². The normalized spacial score (nSPS) is 31.6. The van der Waals surface area contributed by atoms with Crippen LogP contribution in [0.15, 0.2) is 42.6 Å². The van der Waals surface area contributed by atoms with E-state index in [0.717, 1.165) is 25.0 Å². The lowest BCUT2D eigenvalue weighted by molar-refractivity contribution is -0.0917. The van der Waals surface area contributed by atoms with E-state index >= 15 is 0 Å². The summed E-state index contributed by atoms with van der Waals surface area (Å²) in [5, 5.41) is 23.8. The van der Waals surface area contributed by atoms with Gasteiger partial charge < -0.3 is 15.5 Å². The highest BCUT2D eigenvalue weighted by molar-refractivity contribution is 5.99. The number of benzene rings is 1. The molecule has 0 radical (unpaired) electrons. The van der Waals surface area contributed by atoms with Gasteiger partial charge in [0.15, 0.2) is 5.78 Å². The van der Waals surface area contributed by atoms with Crippen molar-refractivity contribution in [3.8, 4) is 11.5 Å². The largest absolute Gasteiger partial charge is 0.508 e. The van der Waals surface area contributed by atoms with E-state index in [1.54, 1.807) is 0 Å². The zero-order valence-corrected chi connectivity index (χ0v) is 19.6. The molecule has 2 fully saturated rings. The average Bonchev–Trinajstić information content (AvgIpc) is 2.72. The van der Waals surface area contributed by atoms with E-state index in [2.05, 4.69) is 38.0 Å². The Morgan fingerprint density at radius 3 is 2.50 bits per heavy atom. The van der Waals surface area contributed by atoms with Crippen molar-refractivity contribution < 1.29 is 15.0 Å². The lowest BCUT2D eigenvalue weighted by Crippen LogP contribution is -2.60. The highest BCUT2D eigenvalue weighted by Gasteiger charge is 2.58. The van der Waals surface area contributed by atoms with Crippen LogP contribution in [0.3, 0.4) is 0 Å². The Kier molecular flexibility index (Phi) is 6.06. The molecule has 2 aliphatic rings. The van der Waals surface area contributed by atoms with Crippen molar-refractivity contribution in [1.82, 2.24) is 10.3 Å². The molecule has 5 nitrogen and oxygen atoms in total. The van der Waals surface area contributed by atoms with Crippen molar-refractivity contribution in [3.63, 3.8) is 0 Å². The second-order valence-electron chi connectivity index (χ2n) is 10.9. The number of pyridine rings is 1. The van der Waals surface area contributed by atoms with Crippen molar-refractivity contribution in [2.45, 2.75) is 66.0 Å². The van der Waals surface area contributed by atoms with Crippen molar-refractivity contribution in [2.24, 2.45) is 28.6 Å². The summed E-state index contributed by atoms with van der Waals surface area (Å²) >= 11 is 0. The van der Waals surface area contributed by atoms with Gasteiger partial charge in [-0.05, 0) is 66.2 Å². The third kappa shape index (κ3) is 4.15. The number of ketones is 1. The smallest absolute Gasteiger partial charge is 0.167 e. The van der Waals surface area contributed by atoms with Crippen molar-refractivity contribution >= 4 is 5.78 Å². The number of rotatable bonds is 5. The maximum absolute atomic E-state index is 13.9. The number of aromatic nitrogens is 1. The van der Waals surface area contributed by atoms with Gasteiger partial charge in [-0.25, -0.2) is 0 Å². The van der Waals surface area contributed by atoms with Gasteiger partial charge in [0.1, 0.15) is 11.5 Å². The van der Waals surface area contributed by atoms with Crippen LogP contribution in [-0.4, -0.2) is 27.0 Å². The standard InChI is InChI=1S/C27H36N2O3/c1-17-22(29-16-19-8-5-6-11-28-19)15-23-26(2,3)9-7-10-27(23,4)24(17)25(32)18-12-20(30)14-21(31)13-18/h5-6,8,11-14,17,22-24,29-31H,7,9-10,15-16H2,1-4H3. The molecule has 0 saturated heterocycles. The van der Waals surface area contributed by atoms with Gasteiger partial charge in [0.05, 0.1) is 5.69 Å². The van der Waals surface area contributed by atoms with E-state index in [1.807, 2.05) is 24.4 Å². The maximum atomic E-state index is 13.9. The van der Waals surface area contributed by atoms with Crippen molar-refractivity contribution in [2.75, 3.05) is 0 Å². The molecule has 1 aromatic carbocycles. The van der Waals surface area contributed by atoms with Gasteiger partial charge in [0.2, 0.25) is 0 Å². The molecule has 2 saturated carbocycles. The van der Waals surface area contributed by atoms with E-state index in [1.165, 1.54) is 24.6 Å². The summed E-state index contributed by atoms with van der Waals surface area (Å²) in [6.45, 7) is 9.86. The van der Waals surface area contributed by atoms with Gasteiger partial charge in [-0.2, -0.15) is 0 Å². The number of phenols is 2. The first-order valence-electron chi connectivity index (χ1n) is 11.8. The highest BCUT2D eigenvalue weighted by Crippen LogP contribution is 2.61. The number of nitrogens with zero attached hydrogens (tertiary/aromatic N) is 1. The molecule has 5 atom stereocenters. The number of hydrogen-bond acceptors (Lipinski definition) is 5. The number of carbonyl (C=O) groups excluding carboxylic acids is 1. The summed E-state index contributed by atoms with van der Waals surface area (Å²) in [4.78, 5) is 18.4. The molecule has 0 amide bonds. The molecule has 3 N–H and O–H groups in total. The van der Waals surface area contributed by atoms with E-state index < -0.39 is 0 Å². The molecule has 32 heavy (non-hydrogen) atoms. The van der Waals surface area contributed by atoms with E-state index in [-0.39, 0.29) is 46.0 Å². The fourth-order valence-corrected chi connectivity index (χ4v) is 6.89. The summed E-state index contributed by atoms with van der Waals surface area (Å²) in [5.74, 6) is 0.202. The SMILES string of the molecule is CC1C(NCc2ccccn2)CC2C(C)(C)CCCC2(C)C1C(=O)c1cc(O)cc(O)c1. The first kappa shape index (κ1) is 22.8. The minimum absolute atomic E-state index is 0.0261. The number of aromatic hydroxyl groups is 2. The lowest BCUT2D eigenvalue weighted by Gasteiger charge is -2.60. The van der Waals surface area contributed by atoms with Gasteiger partial charge >= 0.3 is 0 Å². The van der Waals surface area contributed by atoms with Crippen LogP contribution >= 0.6 is 0 Å². The summed E-state index contributed by atoms with van der Waals surface area (Å²) in [5.41, 5.74) is 1.42. The van der Waals surface area contributed by atoms with Crippen LogP contribution in [0.2, 0.25) is 0 Å².